The van der Waals surface area contributed by atoms with Crippen molar-refractivity contribution < 1.29 is 4.79 Å². The van der Waals surface area contributed by atoms with Gasteiger partial charge in [-0.25, -0.2) is 9.97 Å². The number of carbonyl (C=O) groups excluding carboxylic acids is 1. The van der Waals surface area contributed by atoms with E-state index in [0.29, 0.717) is 17.3 Å². The van der Waals surface area contributed by atoms with Crippen molar-refractivity contribution in [3.05, 3.63) is 59.0 Å². The molecule has 0 aliphatic heterocycles. The normalized spacial score (nSPS) is 24.0. The molecule has 2 saturated carbocycles. The highest BCUT2D eigenvalue weighted by Gasteiger charge is 2.62. The van der Waals surface area contributed by atoms with Crippen LogP contribution in [0.5, 0.6) is 0 Å². The molecule has 2 fully saturated rings. The average Bonchev–Trinajstić information content (AvgIpc) is 3.39. The molecular weight excluding hydrogens is 430 g/mol. The summed E-state index contributed by atoms with van der Waals surface area (Å²) in [5.41, 5.74) is 2.59. The van der Waals surface area contributed by atoms with E-state index in [1.165, 1.54) is 30.6 Å². The quantitative estimate of drug-likeness (QED) is 0.530. The average molecular weight is 460 g/mol. The molecule has 6 rings (SSSR count). The molecule has 1 N–H and O–H groups in total. The minimum Gasteiger partial charge on any atom is -0.359 e. The van der Waals surface area contributed by atoms with Crippen LogP contribution in [0.3, 0.4) is 0 Å². The van der Waals surface area contributed by atoms with Crippen LogP contribution in [0.2, 0.25) is 0 Å². The second-order valence-corrected chi connectivity index (χ2v) is 10.9. The summed E-state index contributed by atoms with van der Waals surface area (Å²) in [5, 5.41) is 4.24. The number of rotatable bonds is 7. The molecule has 33 heavy (non-hydrogen) atoms. The van der Waals surface area contributed by atoms with Gasteiger partial charge in [-0.05, 0) is 67.1 Å². The lowest BCUT2D eigenvalue weighted by molar-refractivity contribution is 0.0947. The lowest BCUT2D eigenvalue weighted by atomic mass is 9.89. The fourth-order valence-electron chi connectivity index (χ4n) is 6.15. The molecule has 2 bridgehead atoms. The predicted molar refractivity (Wildman–Crippen MR) is 132 cm³/mol. The molecule has 1 amide bonds. The SMILES string of the molecule is Cc1c(C(=O)NC[C@H]2C[C@H]3C=C[C@H]2C32CC2)sc2ncnc(N(C)CCc3ccccn3)c12. The van der Waals surface area contributed by atoms with Crippen LogP contribution in [0.15, 0.2) is 42.9 Å². The number of amides is 1. The summed E-state index contributed by atoms with van der Waals surface area (Å²) in [5.74, 6) is 2.88. The highest BCUT2D eigenvalue weighted by molar-refractivity contribution is 7.20. The van der Waals surface area contributed by atoms with E-state index in [1.54, 1.807) is 6.33 Å². The Bertz CT molecular complexity index is 1230. The highest BCUT2D eigenvalue weighted by atomic mass is 32.1. The Morgan fingerprint density at radius 1 is 1.24 bits per heavy atom. The van der Waals surface area contributed by atoms with E-state index in [2.05, 4.69) is 37.3 Å². The second-order valence-electron chi connectivity index (χ2n) is 9.88. The molecule has 3 aromatic rings. The molecule has 3 aliphatic rings. The van der Waals surface area contributed by atoms with E-state index < -0.39 is 0 Å². The molecule has 3 heterocycles. The highest BCUT2D eigenvalue weighted by Crippen LogP contribution is 2.69. The number of carbonyl (C=O) groups is 1. The van der Waals surface area contributed by atoms with Gasteiger partial charge in [0.25, 0.3) is 5.91 Å². The van der Waals surface area contributed by atoms with Crippen LogP contribution in [0, 0.1) is 30.1 Å². The zero-order valence-corrected chi connectivity index (χ0v) is 19.9. The minimum atomic E-state index is 0.0224. The fourth-order valence-corrected chi connectivity index (χ4v) is 7.21. The summed E-state index contributed by atoms with van der Waals surface area (Å²) in [6.07, 6.45) is 13.1. The van der Waals surface area contributed by atoms with Crippen molar-refractivity contribution in [1.29, 1.82) is 0 Å². The lowest BCUT2D eigenvalue weighted by Crippen LogP contribution is -2.31. The van der Waals surface area contributed by atoms with E-state index in [0.717, 1.165) is 57.6 Å². The maximum Gasteiger partial charge on any atom is 0.261 e. The van der Waals surface area contributed by atoms with E-state index >= 15 is 0 Å². The molecule has 6 nitrogen and oxygen atoms in total. The van der Waals surface area contributed by atoms with Gasteiger partial charge >= 0.3 is 0 Å². The molecule has 0 radical (unpaired) electrons. The Labute approximate surface area is 198 Å². The summed E-state index contributed by atoms with van der Waals surface area (Å²) >= 11 is 1.47. The third-order valence-corrected chi connectivity index (χ3v) is 9.27. The van der Waals surface area contributed by atoms with Crippen molar-refractivity contribution in [1.82, 2.24) is 20.3 Å². The monoisotopic (exact) mass is 459 g/mol. The smallest absolute Gasteiger partial charge is 0.261 e. The number of hydrogen-bond donors (Lipinski definition) is 1. The van der Waals surface area contributed by atoms with Crippen molar-refractivity contribution in [2.24, 2.45) is 23.2 Å². The maximum atomic E-state index is 13.2. The summed E-state index contributed by atoms with van der Waals surface area (Å²) in [6.45, 7) is 3.58. The second kappa shape index (κ2) is 7.90. The Morgan fingerprint density at radius 3 is 2.88 bits per heavy atom. The molecular formula is C26H29N5OS. The number of anilines is 1. The van der Waals surface area contributed by atoms with Gasteiger partial charge in [-0.2, -0.15) is 0 Å². The first-order valence-corrected chi connectivity index (χ1v) is 12.7. The standard InChI is InChI=1S/C26H29N5OS/c1-16-21-23(31(2)12-8-19-5-3-4-11-27-19)29-15-30-25(21)33-22(16)24(32)28-14-17-13-18-6-7-20(17)26(18)9-10-26/h3-7,11,15,17-18,20H,8-10,12-14H2,1-2H3,(H,28,32)/t17-,18-,20-/m1/s1. The van der Waals surface area contributed by atoms with Crippen LogP contribution >= 0.6 is 11.3 Å². The summed E-state index contributed by atoms with van der Waals surface area (Å²) in [7, 11) is 2.04. The largest absolute Gasteiger partial charge is 0.359 e. The Kier molecular flexibility index (Phi) is 4.98. The topological polar surface area (TPSA) is 71.0 Å². The zero-order valence-electron chi connectivity index (χ0n) is 19.1. The fraction of sp³-hybridized carbons (Fsp3) is 0.462. The van der Waals surface area contributed by atoms with Crippen molar-refractivity contribution >= 4 is 33.3 Å². The van der Waals surface area contributed by atoms with Crippen LogP contribution in [-0.4, -0.2) is 41.0 Å². The molecule has 0 saturated heterocycles. The van der Waals surface area contributed by atoms with Crippen molar-refractivity contribution in [2.75, 3.05) is 25.0 Å². The molecule has 7 heteroatoms. The van der Waals surface area contributed by atoms with Crippen LogP contribution in [0.4, 0.5) is 5.82 Å². The van der Waals surface area contributed by atoms with E-state index in [-0.39, 0.29) is 5.91 Å². The molecule has 3 aliphatic carbocycles. The number of nitrogens with zero attached hydrogens (tertiary/aromatic N) is 4. The van der Waals surface area contributed by atoms with Gasteiger partial charge in [0.05, 0.1) is 10.3 Å². The first kappa shape index (κ1) is 20.8. The summed E-state index contributed by atoms with van der Waals surface area (Å²) in [6, 6.07) is 5.98. The number of likely N-dealkylation sites (N-methyl/N-ethyl adjacent to an activating group) is 1. The van der Waals surface area contributed by atoms with Crippen LogP contribution in [-0.2, 0) is 6.42 Å². The van der Waals surface area contributed by atoms with Crippen molar-refractivity contribution in [2.45, 2.75) is 32.6 Å². The van der Waals surface area contributed by atoms with Crippen molar-refractivity contribution in [3.63, 3.8) is 0 Å². The van der Waals surface area contributed by atoms with E-state index in [1.807, 2.05) is 38.4 Å². The van der Waals surface area contributed by atoms with Gasteiger partial charge in [0, 0.05) is 38.4 Å². The number of thiophene rings is 1. The Morgan fingerprint density at radius 2 is 2.12 bits per heavy atom. The third kappa shape index (κ3) is 3.44. The minimum absolute atomic E-state index is 0.0224. The van der Waals surface area contributed by atoms with Crippen molar-refractivity contribution in [3.8, 4) is 0 Å². The van der Waals surface area contributed by atoms with Gasteiger partial charge in [0.1, 0.15) is 17.0 Å². The molecule has 170 valence electrons. The number of aryl methyl sites for hydroxylation is 1. The van der Waals surface area contributed by atoms with Gasteiger partial charge in [0.15, 0.2) is 0 Å². The number of aromatic nitrogens is 3. The molecule has 3 aromatic heterocycles. The first-order chi connectivity index (χ1) is 16.1. The van der Waals surface area contributed by atoms with Crippen LogP contribution in [0.1, 0.15) is 40.2 Å². The van der Waals surface area contributed by atoms with Gasteiger partial charge in [-0.3, -0.25) is 9.78 Å². The first-order valence-electron chi connectivity index (χ1n) is 11.9. The van der Waals surface area contributed by atoms with E-state index in [4.69, 9.17) is 0 Å². The van der Waals surface area contributed by atoms with Gasteiger partial charge in [0.2, 0.25) is 0 Å². The van der Waals surface area contributed by atoms with Crippen LogP contribution < -0.4 is 10.2 Å². The molecule has 3 atom stereocenters. The molecule has 1 spiro atoms. The number of fused-ring (bicyclic) bond motifs is 1. The third-order valence-electron chi connectivity index (χ3n) is 8.07. The predicted octanol–water partition coefficient (Wildman–Crippen LogP) is 4.41. The summed E-state index contributed by atoms with van der Waals surface area (Å²) in [4.78, 5) is 30.4. The Hall–Kier alpha value is -2.80. The lowest BCUT2D eigenvalue weighted by Gasteiger charge is -2.20. The molecule has 0 aromatic carbocycles. The van der Waals surface area contributed by atoms with Crippen LogP contribution in [0.25, 0.3) is 10.2 Å². The molecule has 0 unspecified atom stereocenters. The number of pyridine rings is 1. The van der Waals surface area contributed by atoms with Gasteiger partial charge in [-0.15, -0.1) is 11.3 Å². The Balaban J connectivity index is 1.17. The number of allylic oxidation sites excluding steroid dienone is 2. The number of nitrogens with one attached hydrogen (secondary N) is 1. The zero-order chi connectivity index (χ0) is 22.6. The number of hydrogen-bond acceptors (Lipinski definition) is 6. The summed E-state index contributed by atoms with van der Waals surface area (Å²) < 4.78 is 0. The van der Waals surface area contributed by atoms with Gasteiger partial charge < -0.3 is 10.2 Å². The van der Waals surface area contributed by atoms with Gasteiger partial charge in [-0.1, -0.05) is 18.2 Å². The van der Waals surface area contributed by atoms with E-state index in [9.17, 15) is 4.79 Å². The maximum absolute atomic E-state index is 13.2.